The molecule has 0 spiro atoms. The number of carbonyl (C=O) groups is 1. The van der Waals surface area contributed by atoms with E-state index in [1.165, 1.54) is 0 Å². The highest BCUT2D eigenvalue weighted by molar-refractivity contribution is 5.82. The maximum atomic E-state index is 12.4. The van der Waals surface area contributed by atoms with E-state index in [1.807, 2.05) is 4.90 Å². The first-order valence-corrected chi connectivity index (χ1v) is 7.85. The van der Waals surface area contributed by atoms with Crippen molar-refractivity contribution in [3.05, 3.63) is 0 Å². The molecule has 112 valence electrons. The van der Waals surface area contributed by atoms with Crippen LogP contribution in [0.25, 0.3) is 0 Å². The molecule has 0 aromatic heterocycles. The minimum Gasteiger partial charge on any atom is -0.396 e. The molecule has 1 fully saturated rings. The fourth-order valence-corrected chi connectivity index (χ4v) is 2.86. The van der Waals surface area contributed by atoms with E-state index in [4.69, 9.17) is 5.11 Å². The Kier molecular flexibility index (Phi) is 8.07. The zero-order valence-corrected chi connectivity index (χ0v) is 12.5. The molecule has 1 aliphatic heterocycles. The molecule has 1 heterocycles. The normalized spacial score (nSPS) is 21.7. The average molecular weight is 270 g/mol. The zero-order chi connectivity index (χ0) is 14.1. The molecule has 4 heteroatoms. The van der Waals surface area contributed by atoms with Crippen molar-refractivity contribution in [3.63, 3.8) is 0 Å². The van der Waals surface area contributed by atoms with Gasteiger partial charge in [0.2, 0.25) is 5.91 Å². The lowest BCUT2D eigenvalue weighted by molar-refractivity contribution is -0.136. The van der Waals surface area contributed by atoms with Gasteiger partial charge < -0.3 is 15.3 Å². The van der Waals surface area contributed by atoms with Crippen molar-refractivity contribution in [1.82, 2.24) is 10.2 Å². The van der Waals surface area contributed by atoms with E-state index in [0.29, 0.717) is 5.92 Å². The zero-order valence-electron chi connectivity index (χ0n) is 12.5. The second-order valence-corrected chi connectivity index (χ2v) is 5.60. The summed E-state index contributed by atoms with van der Waals surface area (Å²) in [5.74, 6) is 0.711. The largest absolute Gasteiger partial charge is 0.396 e. The van der Waals surface area contributed by atoms with Crippen LogP contribution in [-0.2, 0) is 4.79 Å². The van der Waals surface area contributed by atoms with Gasteiger partial charge in [-0.15, -0.1) is 0 Å². The summed E-state index contributed by atoms with van der Waals surface area (Å²) in [7, 11) is 0. The predicted molar refractivity (Wildman–Crippen MR) is 78.0 cm³/mol. The molecule has 2 N–H and O–H groups in total. The number of nitrogens with one attached hydrogen (secondary N) is 1. The third-order valence-corrected chi connectivity index (χ3v) is 3.88. The quantitative estimate of drug-likeness (QED) is 0.671. The Bertz CT molecular complexity index is 253. The van der Waals surface area contributed by atoms with Crippen molar-refractivity contribution >= 4 is 5.91 Å². The lowest BCUT2D eigenvalue weighted by Gasteiger charge is -2.35. The number of likely N-dealkylation sites (tertiary alicyclic amines) is 1. The van der Waals surface area contributed by atoms with Gasteiger partial charge in [0.25, 0.3) is 0 Å². The molecule has 4 nitrogen and oxygen atoms in total. The Morgan fingerprint density at radius 3 is 2.79 bits per heavy atom. The Balaban J connectivity index is 2.48. The summed E-state index contributed by atoms with van der Waals surface area (Å²) in [4.78, 5) is 14.4. The molecule has 2 atom stereocenters. The SMILES string of the molecule is CCCNC1CCCN(CC(CCC)CCO)C1=O. The van der Waals surface area contributed by atoms with Gasteiger partial charge in [-0.25, -0.2) is 0 Å². The minimum atomic E-state index is 0.0186. The van der Waals surface area contributed by atoms with Gasteiger partial charge in [0, 0.05) is 19.7 Å². The van der Waals surface area contributed by atoms with Crippen LogP contribution in [0.3, 0.4) is 0 Å². The highest BCUT2D eigenvalue weighted by atomic mass is 16.3. The predicted octanol–water partition coefficient (Wildman–Crippen LogP) is 1.78. The van der Waals surface area contributed by atoms with E-state index in [-0.39, 0.29) is 18.6 Å². The summed E-state index contributed by atoms with van der Waals surface area (Å²) in [6, 6.07) is 0.0186. The van der Waals surface area contributed by atoms with Gasteiger partial charge in [-0.3, -0.25) is 4.79 Å². The third kappa shape index (κ3) is 5.49. The van der Waals surface area contributed by atoms with Gasteiger partial charge >= 0.3 is 0 Å². The van der Waals surface area contributed by atoms with Crippen molar-refractivity contribution in [1.29, 1.82) is 0 Å². The topological polar surface area (TPSA) is 52.6 Å². The Hall–Kier alpha value is -0.610. The summed E-state index contributed by atoms with van der Waals surface area (Å²) in [5, 5.41) is 12.5. The minimum absolute atomic E-state index is 0.0186. The molecule has 19 heavy (non-hydrogen) atoms. The number of amides is 1. The number of rotatable bonds is 9. The smallest absolute Gasteiger partial charge is 0.239 e. The van der Waals surface area contributed by atoms with E-state index < -0.39 is 0 Å². The number of hydrogen-bond acceptors (Lipinski definition) is 3. The van der Waals surface area contributed by atoms with Crippen molar-refractivity contribution in [2.24, 2.45) is 5.92 Å². The fourth-order valence-electron chi connectivity index (χ4n) is 2.86. The Morgan fingerprint density at radius 2 is 2.16 bits per heavy atom. The van der Waals surface area contributed by atoms with Crippen LogP contribution < -0.4 is 5.32 Å². The summed E-state index contributed by atoms with van der Waals surface area (Å²) in [5.41, 5.74) is 0. The second kappa shape index (κ2) is 9.32. The van der Waals surface area contributed by atoms with E-state index in [9.17, 15) is 4.79 Å². The summed E-state index contributed by atoms with van der Waals surface area (Å²) >= 11 is 0. The molecule has 0 saturated carbocycles. The third-order valence-electron chi connectivity index (χ3n) is 3.88. The van der Waals surface area contributed by atoms with Crippen LogP contribution in [0.1, 0.15) is 52.4 Å². The second-order valence-electron chi connectivity index (χ2n) is 5.60. The number of piperidine rings is 1. The fraction of sp³-hybridized carbons (Fsp3) is 0.933. The van der Waals surface area contributed by atoms with E-state index in [1.54, 1.807) is 0 Å². The van der Waals surface area contributed by atoms with E-state index in [2.05, 4.69) is 19.2 Å². The highest BCUT2D eigenvalue weighted by Crippen LogP contribution is 2.18. The van der Waals surface area contributed by atoms with Crippen molar-refractivity contribution in [2.75, 3.05) is 26.2 Å². The molecule has 0 radical (unpaired) electrons. The van der Waals surface area contributed by atoms with Crippen molar-refractivity contribution < 1.29 is 9.90 Å². The number of nitrogens with zero attached hydrogens (tertiary/aromatic N) is 1. The van der Waals surface area contributed by atoms with Gasteiger partial charge in [0.1, 0.15) is 0 Å². The van der Waals surface area contributed by atoms with Crippen LogP contribution >= 0.6 is 0 Å². The van der Waals surface area contributed by atoms with Crippen molar-refractivity contribution in [2.45, 2.75) is 58.4 Å². The first-order chi connectivity index (χ1) is 9.22. The molecular formula is C15H30N2O2. The van der Waals surface area contributed by atoms with Gasteiger partial charge in [-0.05, 0) is 44.6 Å². The van der Waals surface area contributed by atoms with Crippen molar-refractivity contribution in [3.8, 4) is 0 Å². The lowest BCUT2D eigenvalue weighted by Crippen LogP contribution is -2.52. The van der Waals surface area contributed by atoms with Gasteiger partial charge in [0.15, 0.2) is 0 Å². The van der Waals surface area contributed by atoms with Crippen LogP contribution in [0, 0.1) is 5.92 Å². The first-order valence-electron chi connectivity index (χ1n) is 7.85. The maximum absolute atomic E-state index is 12.4. The molecule has 1 aliphatic rings. The molecular weight excluding hydrogens is 240 g/mol. The molecule has 0 aromatic carbocycles. The summed E-state index contributed by atoms with van der Waals surface area (Å²) in [6.45, 7) is 7.13. The van der Waals surface area contributed by atoms with Crippen LogP contribution in [0.4, 0.5) is 0 Å². The Morgan fingerprint density at radius 1 is 1.37 bits per heavy atom. The van der Waals surface area contributed by atoms with Gasteiger partial charge in [-0.2, -0.15) is 0 Å². The van der Waals surface area contributed by atoms with Gasteiger partial charge in [-0.1, -0.05) is 20.3 Å². The molecule has 1 saturated heterocycles. The van der Waals surface area contributed by atoms with Gasteiger partial charge in [0.05, 0.1) is 6.04 Å². The lowest BCUT2D eigenvalue weighted by atomic mass is 9.97. The van der Waals surface area contributed by atoms with Crippen LogP contribution in [0.2, 0.25) is 0 Å². The molecule has 1 rings (SSSR count). The monoisotopic (exact) mass is 270 g/mol. The van der Waals surface area contributed by atoms with E-state index in [0.717, 1.165) is 58.2 Å². The summed E-state index contributed by atoms with van der Waals surface area (Å²) < 4.78 is 0. The molecule has 0 aromatic rings. The molecule has 2 unspecified atom stereocenters. The molecule has 1 amide bonds. The summed E-state index contributed by atoms with van der Waals surface area (Å²) in [6.07, 6.45) is 6.14. The van der Waals surface area contributed by atoms with Crippen LogP contribution in [-0.4, -0.2) is 48.2 Å². The standard InChI is InChI=1S/C15H30N2O2/c1-3-6-13(8-11-18)12-17-10-5-7-14(15(17)19)16-9-4-2/h13-14,16,18H,3-12H2,1-2H3. The van der Waals surface area contributed by atoms with E-state index >= 15 is 0 Å². The highest BCUT2D eigenvalue weighted by Gasteiger charge is 2.29. The number of aliphatic hydroxyl groups is 1. The molecule has 0 bridgehead atoms. The van der Waals surface area contributed by atoms with Crippen LogP contribution in [0.15, 0.2) is 0 Å². The number of carbonyl (C=O) groups excluding carboxylic acids is 1. The van der Waals surface area contributed by atoms with Crippen LogP contribution in [0.5, 0.6) is 0 Å². The first kappa shape index (κ1) is 16.4. The Labute approximate surface area is 117 Å². The molecule has 0 aliphatic carbocycles. The average Bonchev–Trinajstić information content (AvgIpc) is 2.40. The maximum Gasteiger partial charge on any atom is 0.239 e. The number of aliphatic hydroxyl groups excluding tert-OH is 1. The number of hydrogen-bond donors (Lipinski definition) is 2.